The number of hydrogen-bond acceptors (Lipinski definition) is 5. The Morgan fingerprint density at radius 1 is 1.30 bits per heavy atom. The van der Waals surface area contributed by atoms with Gasteiger partial charge in [0.15, 0.2) is 11.5 Å². The second kappa shape index (κ2) is 5.83. The smallest absolute Gasteiger partial charge is 0.231 e. The standard InChI is InChI=1S/C15H18N2O2S/c1-17(9-12-3-2-6-20-12)13(8-16)11-4-5-14-15(7-11)19-10-18-14/h2-7,13H,8-10,16H2,1H3. The zero-order valence-electron chi connectivity index (χ0n) is 11.4. The predicted octanol–water partition coefficient (Wildman–Crippen LogP) is 2.61. The average Bonchev–Trinajstić information content (AvgIpc) is 3.09. The summed E-state index contributed by atoms with van der Waals surface area (Å²) in [6.07, 6.45) is 0. The minimum atomic E-state index is 0.173. The molecule has 5 heteroatoms. The molecule has 20 heavy (non-hydrogen) atoms. The molecule has 0 saturated heterocycles. The summed E-state index contributed by atoms with van der Waals surface area (Å²) in [5.41, 5.74) is 7.13. The van der Waals surface area contributed by atoms with Gasteiger partial charge in [-0.1, -0.05) is 12.1 Å². The molecule has 0 spiro atoms. The molecule has 1 aliphatic heterocycles. The van der Waals surface area contributed by atoms with Crippen molar-refractivity contribution in [1.82, 2.24) is 4.90 Å². The van der Waals surface area contributed by atoms with Crippen molar-refractivity contribution in [2.45, 2.75) is 12.6 Å². The number of likely N-dealkylation sites (N-methyl/N-ethyl adjacent to an activating group) is 1. The second-order valence-electron chi connectivity index (χ2n) is 4.86. The summed E-state index contributed by atoms with van der Waals surface area (Å²) in [5, 5.41) is 2.10. The van der Waals surface area contributed by atoms with Gasteiger partial charge < -0.3 is 15.2 Å². The number of thiophene rings is 1. The Morgan fingerprint density at radius 2 is 2.15 bits per heavy atom. The highest BCUT2D eigenvalue weighted by Gasteiger charge is 2.20. The third-order valence-electron chi connectivity index (χ3n) is 3.52. The minimum absolute atomic E-state index is 0.173. The molecule has 0 aliphatic carbocycles. The van der Waals surface area contributed by atoms with Gasteiger partial charge in [0.2, 0.25) is 6.79 Å². The van der Waals surface area contributed by atoms with Crippen LogP contribution in [-0.4, -0.2) is 25.3 Å². The normalized spacial score (nSPS) is 14.8. The number of ether oxygens (including phenoxy) is 2. The molecule has 106 valence electrons. The number of nitrogens with two attached hydrogens (primary N) is 1. The van der Waals surface area contributed by atoms with Gasteiger partial charge in [0.1, 0.15) is 0 Å². The topological polar surface area (TPSA) is 47.7 Å². The van der Waals surface area contributed by atoms with Gasteiger partial charge in [-0.15, -0.1) is 11.3 Å². The molecule has 4 nitrogen and oxygen atoms in total. The maximum Gasteiger partial charge on any atom is 0.231 e. The maximum absolute atomic E-state index is 5.97. The summed E-state index contributed by atoms with van der Waals surface area (Å²) in [6, 6.07) is 10.5. The lowest BCUT2D eigenvalue weighted by Gasteiger charge is -2.27. The first-order chi connectivity index (χ1) is 9.78. The molecular formula is C15H18N2O2S. The number of fused-ring (bicyclic) bond motifs is 1. The van der Waals surface area contributed by atoms with Crippen LogP contribution in [0.3, 0.4) is 0 Å². The molecule has 0 saturated carbocycles. The molecular weight excluding hydrogens is 272 g/mol. The summed E-state index contributed by atoms with van der Waals surface area (Å²) in [4.78, 5) is 3.61. The molecule has 1 unspecified atom stereocenters. The van der Waals surface area contributed by atoms with E-state index in [4.69, 9.17) is 15.2 Å². The summed E-state index contributed by atoms with van der Waals surface area (Å²) in [7, 11) is 2.10. The molecule has 1 aromatic carbocycles. The first kappa shape index (κ1) is 13.4. The lowest BCUT2D eigenvalue weighted by atomic mass is 10.0. The van der Waals surface area contributed by atoms with E-state index in [1.165, 1.54) is 4.88 Å². The molecule has 1 aliphatic rings. The number of benzene rings is 1. The summed E-state index contributed by atoms with van der Waals surface area (Å²) < 4.78 is 10.8. The summed E-state index contributed by atoms with van der Waals surface area (Å²) in [5.74, 6) is 1.62. The van der Waals surface area contributed by atoms with E-state index in [2.05, 4.69) is 35.5 Å². The fourth-order valence-electron chi connectivity index (χ4n) is 2.45. The fraction of sp³-hybridized carbons (Fsp3) is 0.333. The van der Waals surface area contributed by atoms with E-state index in [1.54, 1.807) is 11.3 Å². The van der Waals surface area contributed by atoms with E-state index in [9.17, 15) is 0 Å². The molecule has 1 aromatic heterocycles. The van der Waals surface area contributed by atoms with Crippen LogP contribution in [0.1, 0.15) is 16.5 Å². The van der Waals surface area contributed by atoms with E-state index in [0.717, 1.165) is 23.6 Å². The lowest BCUT2D eigenvalue weighted by Crippen LogP contribution is -2.29. The molecule has 2 aromatic rings. The van der Waals surface area contributed by atoms with Crippen molar-refractivity contribution in [3.05, 3.63) is 46.2 Å². The number of hydrogen-bond donors (Lipinski definition) is 1. The highest BCUT2D eigenvalue weighted by atomic mass is 32.1. The molecule has 0 radical (unpaired) electrons. The van der Waals surface area contributed by atoms with Crippen LogP contribution in [0.2, 0.25) is 0 Å². The van der Waals surface area contributed by atoms with Crippen LogP contribution in [0.5, 0.6) is 11.5 Å². The van der Waals surface area contributed by atoms with Crippen LogP contribution in [0.25, 0.3) is 0 Å². The van der Waals surface area contributed by atoms with Gasteiger partial charge in [0.05, 0.1) is 0 Å². The van der Waals surface area contributed by atoms with Crippen LogP contribution in [-0.2, 0) is 6.54 Å². The van der Waals surface area contributed by atoms with Gasteiger partial charge in [-0.2, -0.15) is 0 Å². The monoisotopic (exact) mass is 290 g/mol. The Labute approximate surface area is 122 Å². The molecule has 0 fully saturated rings. The van der Waals surface area contributed by atoms with E-state index >= 15 is 0 Å². The highest BCUT2D eigenvalue weighted by molar-refractivity contribution is 7.09. The first-order valence-electron chi connectivity index (χ1n) is 6.60. The van der Waals surface area contributed by atoms with Crippen molar-refractivity contribution in [1.29, 1.82) is 0 Å². The second-order valence-corrected chi connectivity index (χ2v) is 5.89. The Morgan fingerprint density at radius 3 is 2.90 bits per heavy atom. The molecule has 0 bridgehead atoms. The van der Waals surface area contributed by atoms with Crippen molar-refractivity contribution >= 4 is 11.3 Å². The maximum atomic E-state index is 5.97. The Bertz CT molecular complexity index is 571. The van der Waals surface area contributed by atoms with Crippen LogP contribution < -0.4 is 15.2 Å². The minimum Gasteiger partial charge on any atom is -0.454 e. The number of nitrogens with zero attached hydrogens (tertiary/aromatic N) is 1. The third-order valence-corrected chi connectivity index (χ3v) is 4.38. The van der Waals surface area contributed by atoms with Crippen molar-refractivity contribution in [3.8, 4) is 11.5 Å². The first-order valence-corrected chi connectivity index (χ1v) is 7.48. The van der Waals surface area contributed by atoms with Gasteiger partial charge in [0.25, 0.3) is 0 Å². The Kier molecular flexibility index (Phi) is 3.91. The van der Waals surface area contributed by atoms with Gasteiger partial charge in [-0.05, 0) is 36.2 Å². The van der Waals surface area contributed by atoms with E-state index in [1.807, 2.05) is 12.1 Å². The lowest BCUT2D eigenvalue weighted by molar-refractivity contribution is 0.173. The molecule has 1 atom stereocenters. The van der Waals surface area contributed by atoms with Gasteiger partial charge in [0, 0.05) is 24.0 Å². The molecule has 2 heterocycles. The predicted molar refractivity (Wildman–Crippen MR) is 80.1 cm³/mol. The largest absolute Gasteiger partial charge is 0.454 e. The Hall–Kier alpha value is -1.56. The molecule has 0 amide bonds. The van der Waals surface area contributed by atoms with Crippen LogP contribution >= 0.6 is 11.3 Å². The highest BCUT2D eigenvalue weighted by Crippen LogP contribution is 2.35. The van der Waals surface area contributed by atoms with E-state index in [-0.39, 0.29) is 6.04 Å². The van der Waals surface area contributed by atoms with Crippen LogP contribution in [0, 0.1) is 0 Å². The van der Waals surface area contributed by atoms with E-state index in [0.29, 0.717) is 13.3 Å². The van der Waals surface area contributed by atoms with Gasteiger partial charge in [-0.3, -0.25) is 4.90 Å². The quantitative estimate of drug-likeness (QED) is 0.919. The Balaban J connectivity index is 1.78. The van der Waals surface area contributed by atoms with Crippen LogP contribution in [0.4, 0.5) is 0 Å². The molecule has 2 N–H and O–H groups in total. The van der Waals surface area contributed by atoms with Crippen LogP contribution in [0.15, 0.2) is 35.7 Å². The van der Waals surface area contributed by atoms with Crippen molar-refractivity contribution in [2.75, 3.05) is 20.4 Å². The average molecular weight is 290 g/mol. The summed E-state index contributed by atoms with van der Waals surface area (Å²) >= 11 is 1.77. The van der Waals surface area contributed by atoms with Gasteiger partial charge >= 0.3 is 0 Å². The molecule has 3 rings (SSSR count). The third kappa shape index (κ3) is 2.65. The summed E-state index contributed by atoms with van der Waals surface area (Å²) in [6.45, 7) is 1.77. The fourth-order valence-corrected chi connectivity index (χ4v) is 3.22. The zero-order chi connectivity index (χ0) is 13.9. The van der Waals surface area contributed by atoms with Crippen molar-refractivity contribution in [2.24, 2.45) is 5.73 Å². The van der Waals surface area contributed by atoms with E-state index < -0.39 is 0 Å². The zero-order valence-corrected chi connectivity index (χ0v) is 12.2. The van der Waals surface area contributed by atoms with Crippen molar-refractivity contribution in [3.63, 3.8) is 0 Å². The van der Waals surface area contributed by atoms with Gasteiger partial charge in [-0.25, -0.2) is 0 Å². The SMILES string of the molecule is CN(Cc1cccs1)C(CN)c1ccc2c(c1)OCO2. The number of rotatable bonds is 5. The van der Waals surface area contributed by atoms with Crippen molar-refractivity contribution < 1.29 is 9.47 Å².